The van der Waals surface area contributed by atoms with Crippen LogP contribution in [0.1, 0.15) is 43.0 Å². The molecule has 0 saturated carbocycles. The summed E-state index contributed by atoms with van der Waals surface area (Å²) in [5, 5.41) is 0.204. The van der Waals surface area contributed by atoms with Crippen LogP contribution in [-0.4, -0.2) is 43.5 Å². The molecule has 27 heavy (non-hydrogen) atoms. The van der Waals surface area contributed by atoms with E-state index in [0.717, 1.165) is 25.7 Å². The number of pyridine rings is 1. The maximum atomic E-state index is 13.0. The minimum Gasteiger partial charge on any atom is -0.465 e. The SMILES string of the molecule is CCn1cc(C(=O)OC)c(=O)c2cc(S(=O)(=O)N3CCCCCC3)ccc21. The molecule has 3 rings (SSSR count). The monoisotopic (exact) mass is 392 g/mol. The van der Waals surface area contributed by atoms with E-state index >= 15 is 0 Å². The van der Waals surface area contributed by atoms with Crippen LogP contribution >= 0.6 is 0 Å². The van der Waals surface area contributed by atoms with E-state index in [2.05, 4.69) is 0 Å². The van der Waals surface area contributed by atoms with E-state index in [0.29, 0.717) is 25.2 Å². The smallest absolute Gasteiger partial charge is 0.343 e. The van der Waals surface area contributed by atoms with Crippen molar-refractivity contribution in [3.05, 3.63) is 40.2 Å². The van der Waals surface area contributed by atoms with E-state index < -0.39 is 21.4 Å². The first-order chi connectivity index (χ1) is 12.9. The van der Waals surface area contributed by atoms with E-state index in [1.807, 2.05) is 6.92 Å². The van der Waals surface area contributed by atoms with Crippen molar-refractivity contribution in [2.45, 2.75) is 44.0 Å². The van der Waals surface area contributed by atoms with Crippen LogP contribution in [-0.2, 0) is 21.3 Å². The summed E-state index contributed by atoms with van der Waals surface area (Å²) < 4.78 is 34.0. The summed E-state index contributed by atoms with van der Waals surface area (Å²) in [5.74, 6) is -0.732. The lowest BCUT2D eigenvalue weighted by Gasteiger charge is -2.20. The topological polar surface area (TPSA) is 85.7 Å². The van der Waals surface area contributed by atoms with Gasteiger partial charge in [-0.1, -0.05) is 12.8 Å². The van der Waals surface area contributed by atoms with E-state index in [1.165, 1.54) is 29.7 Å². The largest absolute Gasteiger partial charge is 0.465 e. The van der Waals surface area contributed by atoms with Crippen LogP contribution in [0, 0.1) is 0 Å². The normalized spacial score (nSPS) is 16.2. The number of rotatable bonds is 4. The number of aryl methyl sites for hydroxylation is 1. The summed E-state index contributed by atoms with van der Waals surface area (Å²) in [6.45, 7) is 3.38. The standard InChI is InChI=1S/C19H24N2O5S/c1-3-20-13-16(19(23)26-2)18(22)15-12-14(8-9-17(15)20)27(24,25)21-10-6-4-5-7-11-21/h8-9,12-13H,3-7,10-11H2,1-2H3. The Balaban J connectivity index is 2.17. The molecular weight excluding hydrogens is 368 g/mol. The van der Waals surface area contributed by atoms with Gasteiger partial charge in [-0.2, -0.15) is 4.31 Å². The van der Waals surface area contributed by atoms with Crippen molar-refractivity contribution in [2.75, 3.05) is 20.2 Å². The predicted octanol–water partition coefficient (Wildman–Crippen LogP) is 2.37. The first kappa shape index (κ1) is 19.6. The van der Waals surface area contributed by atoms with Gasteiger partial charge in [-0.05, 0) is 38.0 Å². The summed E-state index contributed by atoms with van der Waals surface area (Å²) in [4.78, 5) is 24.8. The van der Waals surface area contributed by atoms with Gasteiger partial charge in [0.05, 0.1) is 17.5 Å². The minimum atomic E-state index is -3.68. The molecule has 0 N–H and O–H groups in total. The molecule has 2 aromatic rings. The Morgan fingerprint density at radius 1 is 1.15 bits per heavy atom. The van der Waals surface area contributed by atoms with Gasteiger partial charge < -0.3 is 9.30 Å². The van der Waals surface area contributed by atoms with E-state index in [-0.39, 0.29) is 15.8 Å². The average molecular weight is 392 g/mol. The summed E-state index contributed by atoms with van der Waals surface area (Å²) in [5.41, 5.74) is -0.0318. The van der Waals surface area contributed by atoms with Crippen molar-refractivity contribution in [3.8, 4) is 0 Å². The third-order valence-electron chi connectivity index (χ3n) is 5.00. The number of aromatic nitrogens is 1. The molecule has 146 valence electrons. The number of sulfonamides is 1. The van der Waals surface area contributed by atoms with Gasteiger partial charge in [-0.3, -0.25) is 4.79 Å². The molecule has 7 nitrogen and oxygen atoms in total. The lowest BCUT2D eigenvalue weighted by atomic mass is 10.1. The Morgan fingerprint density at radius 3 is 2.41 bits per heavy atom. The lowest BCUT2D eigenvalue weighted by Crippen LogP contribution is -2.32. The average Bonchev–Trinajstić information content (AvgIpc) is 2.97. The Hall–Kier alpha value is -2.19. The number of ether oxygens (including phenoxy) is 1. The predicted molar refractivity (Wildman–Crippen MR) is 102 cm³/mol. The number of nitrogens with zero attached hydrogens (tertiary/aromatic N) is 2. The van der Waals surface area contributed by atoms with Crippen molar-refractivity contribution in [1.82, 2.24) is 8.87 Å². The molecule has 1 aromatic heterocycles. The van der Waals surface area contributed by atoms with Crippen molar-refractivity contribution in [1.29, 1.82) is 0 Å². The fraction of sp³-hybridized carbons (Fsp3) is 0.474. The van der Waals surface area contributed by atoms with Crippen molar-refractivity contribution >= 4 is 26.9 Å². The summed E-state index contributed by atoms with van der Waals surface area (Å²) in [6.07, 6.45) is 5.17. The zero-order chi connectivity index (χ0) is 19.6. The second kappa shape index (κ2) is 7.82. The van der Waals surface area contributed by atoms with Gasteiger partial charge in [0.2, 0.25) is 15.5 Å². The number of fused-ring (bicyclic) bond motifs is 1. The van der Waals surface area contributed by atoms with Crippen molar-refractivity contribution in [2.24, 2.45) is 0 Å². The number of methoxy groups -OCH3 is 1. The molecule has 1 fully saturated rings. The third-order valence-corrected chi connectivity index (χ3v) is 6.90. The van der Waals surface area contributed by atoms with Gasteiger partial charge in [-0.25, -0.2) is 13.2 Å². The van der Waals surface area contributed by atoms with Gasteiger partial charge >= 0.3 is 5.97 Å². The lowest BCUT2D eigenvalue weighted by molar-refractivity contribution is 0.0598. The molecule has 1 aliphatic heterocycles. The van der Waals surface area contributed by atoms with Crippen molar-refractivity contribution in [3.63, 3.8) is 0 Å². The second-order valence-corrected chi connectivity index (χ2v) is 8.58. The van der Waals surface area contributed by atoms with Crippen LogP contribution < -0.4 is 5.43 Å². The van der Waals surface area contributed by atoms with Gasteiger partial charge in [0.1, 0.15) is 5.56 Å². The fourth-order valence-electron chi connectivity index (χ4n) is 3.49. The maximum Gasteiger partial charge on any atom is 0.343 e. The first-order valence-corrected chi connectivity index (χ1v) is 10.6. The number of hydrogen-bond donors (Lipinski definition) is 0. The molecule has 1 aliphatic rings. The zero-order valence-electron chi connectivity index (χ0n) is 15.6. The molecule has 8 heteroatoms. The van der Waals surface area contributed by atoms with Gasteiger partial charge in [0, 0.05) is 31.2 Å². The van der Waals surface area contributed by atoms with Crippen LogP contribution in [0.25, 0.3) is 10.9 Å². The third kappa shape index (κ3) is 3.64. The van der Waals surface area contributed by atoms with Gasteiger partial charge in [-0.15, -0.1) is 0 Å². The number of hydrogen-bond acceptors (Lipinski definition) is 5. The highest BCUT2D eigenvalue weighted by Gasteiger charge is 2.26. The fourth-order valence-corrected chi connectivity index (χ4v) is 5.03. The second-order valence-electron chi connectivity index (χ2n) is 6.65. The Morgan fingerprint density at radius 2 is 1.81 bits per heavy atom. The molecule has 2 heterocycles. The summed E-state index contributed by atoms with van der Waals surface area (Å²) >= 11 is 0. The molecule has 0 amide bonds. The minimum absolute atomic E-state index is 0.0821. The molecule has 0 unspecified atom stereocenters. The number of esters is 1. The van der Waals surface area contributed by atoms with Gasteiger partial charge in [0.25, 0.3) is 0 Å². The van der Waals surface area contributed by atoms with Crippen LogP contribution in [0.3, 0.4) is 0 Å². The Kier molecular flexibility index (Phi) is 5.67. The summed E-state index contributed by atoms with van der Waals surface area (Å²) in [6, 6.07) is 4.55. The molecule has 0 radical (unpaired) electrons. The molecule has 0 bridgehead atoms. The quantitative estimate of drug-likeness (QED) is 0.746. The molecule has 1 aromatic carbocycles. The Labute approximate surface area is 158 Å². The van der Waals surface area contributed by atoms with Crippen molar-refractivity contribution < 1.29 is 17.9 Å². The van der Waals surface area contributed by atoms with Crippen LogP contribution in [0.15, 0.2) is 34.1 Å². The highest BCUT2D eigenvalue weighted by atomic mass is 32.2. The molecular formula is C19H24N2O5S. The Bertz CT molecular complexity index is 1020. The number of carbonyl (C=O) groups excluding carboxylic acids is 1. The molecule has 0 aliphatic carbocycles. The zero-order valence-corrected chi connectivity index (χ0v) is 16.4. The summed E-state index contributed by atoms with van der Waals surface area (Å²) in [7, 11) is -2.47. The first-order valence-electron chi connectivity index (χ1n) is 9.15. The molecule has 0 spiro atoms. The van der Waals surface area contributed by atoms with Crippen LogP contribution in [0.5, 0.6) is 0 Å². The van der Waals surface area contributed by atoms with Crippen LogP contribution in [0.4, 0.5) is 0 Å². The van der Waals surface area contributed by atoms with E-state index in [9.17, 15) is 18.0 Å². The highest BCUT2D eigenvalue weighted by molar-refractivity contribution is 7.89. The van der Waals surface area contributed by atoms with E-state index in [4.69, 9.17) is 4.74 Å². The van der Waals surface area contributed by atoms with E-state index in [1.54, 1.807) is 10.6 Å². The molecule has 0 atom stereocenters. The maximum absolute atomic E-state index is 13.0. The molecule has 1 saturated heterocycles. The highest BCUT2D eigenvalue weighted by Crippen LogP contribution is 2.23. The van der Waals surface area contributed by atoms with Gasteiger partial charge in [0.15, 0.2) is 0 Å². The van der Waals surface area contributed by atoms with Crippen LogP contribution in [0.2, 0.25) is 0 Å². The number of benzene rings is 1. The number of carbonyl (C=O) groups is 1.